The molecule has 1 rings (SSSR count). The number of ether oxygens (including phenoxy) is 1. The van der Waals surface area contributed by atoms with E-state index in [0.717, 1.165) is 48.8 Å². The van der Waals surface area contributed by atoms with Crippen molar-refractivity contribution >= 4 is 11.8 Å². The van der Waals surface area contributed by atoms with E-state index in [9.17, 15) is 0 Å². The van der Waals surface area contributed by atoms with Crippen LogP contribution in [0, 0.1) is 6.92 Å². The maximum Gasteiger partial charge on any atom is 0.140 e. The molecule has 0 bridgehead atoms. The third kappa shape index (κ3) is 6.30. The summed E-state index contributed by atoms with van der Waals surface area (Å²) in [5, 5.41) is 0. The van der Waals surface area contributed by atoms with E-state index in [1.54, 1.807) is 0 Å². The summed E-state index contributed by atoms with van der Waals surface area (Å²) in [7, 11) is 0. The van der Waals surface area contributed by atoms with Crippen LogP contribution in [0.4, 0.5) is 0 Å². The van der Waals surface area contributed by atoms with Gasteiger partial charge in [0.1, 0.15) is 5.75 Å². The zero-order valence-corrected chi connectivity index (χ0v) is 13.1. The van der Waals surface area contributed by atoms with Crippen LogP contribution in [-0.4, -0.2) is 29.1 Å². The lowest BCUT2D eigenvalue weighted by atomic mass is 10.1. The van der Waals surface area contributed by atoms with E-state index in [0.29, 0.717) is 0 Å². The molecular formula is C15H26N2OS. The number of nitrogens with two attached hydrogens (primary N) is 1. The van der Waals surface area contributed by atoms with Gasteiger partial charge in [-0.15, -0.1) is 0 Å². The average molecular weight is 282 g/mol. The van der Waals surface area contributed by atoms with Crippen molar-refractivity contribution in [1.29, 1.82) is 0 Å². The summed E-state index contributed by atoms with van der Waals surface area (Å²) in [5.41, 5.74) is 8.04. The zero-order valence-electron chi connectivity index (χ0n) is 12.3. The molecule has 0 aliphatic carbocycles. The molecule has 1 aromatic heterocycles. The van der Waals surface area contributed by atoms with E-state index in [4.69, 9.17) is 10.5 Å². The Hall–Kier alpha value is -0.740. The Labute approximate surface area is 121 Å². The molecule has 0 aromatic carbocycles. The van der Waals surface area contributed by atoms with Gasteiger partial charge < -0.3 is 10.5 Å². The van der Waals surface area contributed by atoms with Gasteiger partial charge in [-0.2, -0.15) is 11.8 Å². The SMILES string of the molecule is CCSCCCOc1ccc(C)nc1CC(N)CC. The average Bonchev–Trinajstić information content (AvgIpc) is 2.40. The molecule has 3 nitrogen and oxygen atoms in total. The summed E-state index contributed by atoms with van der Waals surface area (Å²) in [4.78, 5) is 4.57. The molecule has 2 N–H and O–H groups in total. The van der Waals surface area contributed by atoms with Crippen LogP contribution in [0.3, 0.4) is 0 Å². The molecule has 0 saturated heterocycles. The molecule has 1 atom stereocenters. The topological polar surface area (TPSA) is 48.1 Å². The second kappa shape index (κ2) is 9.21. The van der Waals surface area contributed by atoms with Gasteiger partial charge in [0.25, 0.3) is 0 Å². The lowest BCUT2D eigenvalue weighted by Crippen LogP contribution is -2.22. The number of nitrogens with zero attached hydrogens (tertiary/aromatic N) is 1. The third-order valence-corrected chi connectivity index (χ3v) is 3.93. The van der Waals surface area contributed by atoms with Crippen LogP contribution in [0.25, 0.3) is 0 Å². The Morgan fingerprint density at radius 1 is 1.37 bits per heavy atom. The predicted octanol–water partition coefficient (Wildman–Crippen LogP) is 3.19. The van der Waals surface area contributed by atoms with Crippen molar-refractivity contribution in [3.8, 4) is 5.75 Å². The molecule has 4 heteroatoms. The fourth-order valence-electron chi connectivity index (χ4n) is 1.76. The van der Waals surface area contributed by atoms with Gasteiger partial charge in [0, 0.05) is 18.2 Å². The molecule has 0 amide bonds. The van der Waals surface area contributed by atoms with Crippen molar-refractivity contribution in [2.75, 3.05) is 18.1 Å². The van der Waals surface area contributed by atoms with Crippen molar-refractivity contribution in [1.82, 2.24) is 4.98 Å². The maximum absolute atomic E-state index is 6.02. The summed E-state index contributed by atoms with van der Waals surface area (Å²) in [6.07, 6.45) is 2.82. The van der Waals surface area contributed by atoms with Gasteiger partial charge >= 0.3 is 0 Å². The first kappa shape index (κ1) is 16.3. The highest BCUT2D eigenvalue weighted by Crippen LogP contribution is 2.19. The normalized spacial score (nSPS) is 12.4. The van der Waals surface area contributed by atoms with Crippen LogP contribution in [0.5, 0.6) is 5.75 Å². The minimum Gasteiger partial charge on any atom is -0.492 e. The van der Waals surface area contributed by atoms with Crippen molar-refractivity contribution in [3.63, 3.8) is 0 Å². The second-order valence-corrected chi connectivity index (χ2v) is 6.06. The number of hydrogen-bond acceptors (Lipinski definition) is 4. The monoisotopic (exact) mass is 282 g/mol. The fraction of sp³-hybridized carbons (Fsp3) is 0.667. The number of pyridine rings is 1. The molecule has 0 radical (unpaired) electrons. The Balaban J connectivity index is 2.55. The Bertz CT molecular complexity index is 371. The summed E-state index contributed by atoms with van der Waals surface area (Å²) >= 11 is 1.95. The van der Waals surface area contributed by atoms with Crippen LogP contribution in [0.2, 0.25) is 0 Å². The fourth-order valence-corrected chi connectivity index (χ4v) is 2.37. The van der Waals surface area contributed by atoms with E-state index in [-0.39, 0.29) is 6.04 Å². The first-order chi connectivity index (χ1) is 9.17. The van der Waals surface area contributed by atoms with Gasteiger partial charge in [-0.05, 0) is 43.4 Å². The van der Waals surface area contributed by atoms with Crippen LogP contribution >= 0.6 is 11.8 Å². The van der Waals surface area contributed by atoms with Gasteiger partial charge in [-0.25, -0.2) is 0 Å². The van der Waals surface area contributed by atoms with Gasteiger partial charge in [0.05, 0.1) is 12.3 Å². The Morgan fingerprint density at radius 3 is 2.84 bits per heavy atom. The number of thioether (sulfide) groups is 1. The quantitative estimate of drug-likeness (QED) is 0.707. The van der Waals surface area contributed by atoms with E-state index < -0.39 is 0 Å². The summed E-state index contributed by atoms with van der Waals surface area (Å²) in [6.45, 7) is 7.04. The molecule has 0 spiro atoms. The molecule has 0 aliphatic rings. The van der Waals surface area contributed by atoms with Crippen molar-refractivity contribution < 1.29 is 4.74 Å². The molecule has 0 aliphatic heterocycles. The predicted molar refractivity (Wildman–Crippen MR) is 84.1 cm³/mol. The summed E-state index contributed by atoms with van der Waals surface area (Å²) in [5.74, 6) is 3.22. The van der Waals surface area contributed by atoms with Gasteiger partial charge in [-0.1, -0.05) is 13.8 Å². The van der Waals surface area contributed by atoms with Crippen molar-refractivity contribution in [2.24, 2.45) is 5.73 Å². The molecule has 0 saturated carbocycles. The molecular weight excluding hydrogens is 256 g/mol. The molecule has 1 aromatic rings. The molecule has 19 heavy (non-hydrogen) atoms. The minimum absolute atomic E-state index is 0.160. The van der Waals surface area contributed by atoms with Crippen LogP contribution in [0.15, 0.2) is 12.1 Å². The van der Waals surface area contributed by atoms with Crippen LogP contribution in [-0.2, 0) is 6.42 Å². The Kier molecular flexibility index (Phi) is 7.91. The molecule has 1 heterocycles. The Morgan fingerprint density at radius 2 is 2.16 bits per heavy atom. The highest BCUT2D eigenvalue weighted by Gasteiger charge is 2.10. The van der Waals surface area contributed by atoms with E-state index >= 15 is 0 Å². The summed E-state index contributed by atoms with van der Waals surface area (Å²) < 4.78 is 5.85. The number of aromatic nitrogens is 1. The lowest BCUT2D eigenvalue weighted by Gasteiger charge is -2.14. The standard InChI is InChI=1S/C15H26N2OS/c1-4-13(16)11-14-15(8-7-12(3)17-14)18-9-6-10-19-5-2/h7-8,13H,4-6,9-11,16H2,1-3H3. The molecule has 108 valence electrons. The lowest BCUT2D eigenvalue weighted by molar-refractivity contribution is 0.312. The molecule has 1 unspecified atom stereocenters. The van der Waals surface area contributed by atoms with E-state index in [1.807, 2.05) is 30.8 Å². The van der Waals surface area contributed by atoms with Gasteiger partial charge in [-0.3, -0.25) is 4.98 Å². The smallest absolute Gasteiger partial charge is 0.140 e. The highest BCUT2D eigenvalue weighted by molar-refractivity contribution is 7.99. The number of aryl methyl sites for hydroxylation is 1. The number of hydrogen-bond donors (Lipinski definition) is 1. The first-order valence-corrected chi connectivity index (χ1v) is 8.25. The first-order valence-electron chi connectivity index (χ1n) is 7.10. The van der Waals surface area contributed by atoms with Crippen LogP contribution < -0.4 is 10.5 Å². The third-order valence-electron chi connectivity index (χ3n) is 2.95. The minimum atomic E-state index is 0.160. The van der Waals surface area contributed by atoms with Crippen molar-refractivity contribution in [2.45, 2.75) is 46.1 Å². The largest absolute Gasteiger partial charge is 0.492 e. The van der Waals surface area contributed by atoms with E-state index in [2.05, 4.69) is 18.8 Å². The second-order valence-electron chi connectivity index (χ2n) is 4.67. The van der Waals surface area contributed by atoms with Gasteiger partial charge in [0.2, 0.25) is 0 Å². The molecule has 0 fully saturated rings. The van der Waals surface area contributed by atoms with Crippen molar-refractivity contribution in [3.05, 3.63) is 23.5 Å². The van der Waals surface area contributed by atoms with Crippen LogP contribution in [0.1, 0.15) is 38.1 Å². The van der Waals surface area contributed by atoms with E-state index in [1.165, 1.54) is 5.75 Å². The number of rotatable bonds is 9. The summed E-state index contributed by atoms with van der Waals surface area (Å²) in [6, 6.07) is 4.18. The maximum atomic E-state index is 6.02. The van der Waals surface area contributed by atoms with Gasteiger partial charge in [0.15, 0.2) is 0 Å². The highest BCUT2D eigenvalue weighted by atomic mass is 32.2. The zero-order chi connectivity index (χ0) is 14.1.